The van der Waals surface area contributed by atoms with Gasteiger partial charge in [-0.1, -0.05) is 19.1 Å². The molecule has 1 rings (SSSR count). The van der Waals surface area contributed by atoms with Gasteiger partial charge in [-0.2, -0.15) is 5.10 Å². The first-order valence-corrected chi connectivity index (χ1v) is 5.01. The number of rotatable bonds is 3. The maximum atomic E-state index is 10.9. The van der Waals surface area contributed by atoms with Crippen LogP contribution in [-0.4, -0.2) is 22.6 Å². The van der Waals surface area contributed by atoms with Gasteiger partial charge in [-0.25, -0.2) is 5.43 Å². The third-order valence-corrected chi connectivity index (χ3v) is 2.07. The first kappa shape index (κ1) is 12.7. The van der Waals surface area contributed by atoms with Crippen molar-refractivity contribution in [3.63, 3.8) is 0 Å². The third kappa shape index (κ3) is 3.30. The minimum absolute atomic E-state index is 0.0569. The van der Waals surface area contributed by atoms with E-state index in [1.54, 1.807) is 18.2 Å². The molecule has 0 saturated heterocycles. The number of nitrogens with zero attached hydrogens (tertiary/aromatic N) is 1. The lowest BCUT2D eigenvalue weighted by molar-refractivity contribution is -0.137. The second-order valence-corrected chi connectivity index (χ2v) is 3.23. The monoisotopic (exact) mass is 235 g/mol. The van der Waals surface area contributed by atoms with Crippen molar-refractivity contribution in [3.05, 3.63) is 29.8 Å². The molecule has 0 heterocycles. The van der Waals surface area contributed by atoms with Crippen LogP contribution in [0.15, 0.2) is 29.4 Å². The Labute approximate surface area is 98.1 Å². The van der Waals surface area contributed by atoms with Crippen LogP contribution in [0.4, 0.5) is 0 Å². The van der Waals surface area contributed by atoms with E-state index in [9.17, 15) is 14.7 Å². The lowest BCUT2D eigenvalue weighted by Gasteiger charge is -2.06. The number of primary amides is 1. The van der Waals surface area contributed by atoms with Crippen LogP contribution >= 0.6 is 0 Å². The predicted molar refractivity (Wildman–Crippen MR) is 62.3 cm³/mol. The number of aromatic hydroxyl groups is 1. The summed E-state index contributed by atoms with van der Waals surface area (Å²) in [6, 6.07) is 6.58. The molecular weight excluding hydrogens is 222 g/mol. The van der Waals surface area contributed by atoms with E-state index in [4.69, 9.17) is 5.73 Å². The van der Waals surface area contributed by atoms with Crippen molar-refractivity contribution in [3.8, 4) is 5.75 Å². The molecule has 0 aliphatic carbocycles. The van der Waals surface area contributed by atoms with E-state index < -0.39 is 11.8 Å². The fraction of sp³-hybridized carbons (Fsp3) is 0.182. The van der Waals surface area contributed by atoms with Crippen LogP contribution in [0.25, 0.3) is 0 Å². The molecule has 4 N–H and O–H groups in total. The number of benzene rings is 1. The average Bonchev–Trinajstić information content (AvgIpc) is 2.31. The van der Waals surface area contributed by atoms with Crippen LogP contribution in [-0.2, 0) is 9.59 Å². The molecule has 17 heavy (non-hydrogen) atoms. The van der Waals surface area contributed by atoms with Gasteiger partial charge in [0.25, 0.3) is 0 Å². The standard InChI is InChI=1S/C11H13N3O3/c1-2-8(13-14-11(17)10(12)16)7-5-3-4-6-9(7)15/h3-6,15H,2H2,1H3,(H2,12,16)(H,14,17)/b13-8-. The Morgan fingerprint density at radius 3 is 2.59 bits per heavy atom. The second kappa shape index (κ2) is 5.64. The van der Waals surface area contributed by atoms with Crippen LogP contribution in [0.5, 0.6) is 5.75 Å². The summed E-state index contributed by atoms with van der Waals surface area (Å²) in [6.07, 6.45) is 0.483. The van der Waals surface area contributed by atoms with Gasteiger partial charge >= 0.3 is 11.8 Å². The molecule has 6 nitrogen and oxygen atoms in total. The Balaban J connectivity index is 2.93. The van der Waals surface area contributed by atoms with Crippen LogP contribution in [0.2, 0.25) is 0 Å². The van der Waals surface area contributed by atoms with Crippen LogP contribution in [0.1, 0.15) is 18.9 Å². The highest BCUT2D eigenvalue weighted by Gasteiger charge is 2.10. The van der Waals surface area contributed by atoms with Gasteiger partial charge in [0, 0.05) is 5.56 Å². The lowest BCUT2D eigenvalue weighted by Crippen LogP contribution is -2.33. The van der Waals surface area contributed by atoms with Crippen molar-refractivity contribution in [2.75, 3.05) is 0 Å². The summed E-state index contributed by atoms with van der Waals surface area (Å²) in [7, 11) is 0. The van der Waals surface area contributed by atoms with E-state index in [2.05, 4.69) is 5.10 Å². The fourth-order valence-electron chi connectivity index (χ4n) is 1.22. The number of para-hydroxylation sites is 1. The van der Waals surface area contributed by atoms with Gasteiger partial charge in [0.2, 0.25) is 0 Å². The molecule has 0 aliphatic rings. The first-order valence-electron chi connectivity index (χ1n) is 5.01. The van der Waals surface area contributed by atoms with Crippen LogP contribution < -0.4 is 11.2 Å². The van der Waals surface area contributed by atoms with Gasteiger partial charge in [0.05, 0.1) is 5.71 Å². The van der Waals surface area contributed by atoms with Gasteiger partial charge in [-0.05, 0) is 18.6 Å². The minimum atomic E-state index is -1.11. The van der Waals surface area contributed by atoms with Gasteiger partial charge < -0.3 is 10.8 Å². The minimum Gasteiger partial charge on any atom is -0.507 e. The number of nitrogens with two attached hydrogens (primary N) is 1. The van der Waals surface area contributed by atoms with E-state index >= 15 is 0 Å². The lowest BCUT2D eigenvalue weighted by atomic mass is 10.1. The number of hydrogen-bond acceptors (Lipinski definition) is 4. The number of carbonyl (C=O) groups excluding carboxylic acids is 2. The summed E-state index contributed by atoms with van der Waals surface area (Å²) in [5.74, 6) is -2.05. The van der Waals surface area contributed by atoms with E-state index in [0.717, 1.165) is 0 Å². The largest absolute Gasteiger partial charge is 0.507 e. The molecule has 0 bridgehead atoms. The molecule has 1 aromatic rings. The van der Waals surface area contributed by atoms with Gasteiger partial charge in [-0.15, -0.1) is 0 Å². The molecule has 0 spiro atoms. The molecule has 0 fully saturated rings. The molecule has 2 amide bonds. The molecule has 0 radical (unpaired) electrons. The molecule has 0 saturated carbocycles. The maximum Gasteiger partial charge on any atom is 0.329 e. The second-order valence-electron chi connectivity index (χ2n) is 3.23. The number of nitrogens with one attached hydrogen (secondary N) is 1. The maximum absolute atomic E-state index is 10.9. The molecular formula is C11H13N3O3. The van der Waals surface area contributed by atoms with Gasteiger partial charge in [0.1, 0.15) is 5.75 Å². The fourth-order valence-corrected chi connectivity index (χ4v) is 1.22. The average molecular weight is 235 g/mol. The van der Waals surface area contributed by atoms with E-state index in [0.29, 0.717) is 17.7 Å². The number of amides is 2. The Morgan fingerprint density at radius 2 is 2.06 bits per heavy atom. The molecule has 0 atom stereocenters. The third-order valence-electron chi connectivity index (χ3n) is 2.07. The first-order chi connectivity index (χ1) is 8.06. The molecule has 0 unspecified atom stereocenters. The number of carbonyl (C=O) groups is 2. The van der Waals surface area contributed by atoms with Crippen molar-refractivity contribution < 1.29 is 14.7 Å². The zero-order valence-corrected chi connectivity index (χ0v) is 9.30. The van der Waals surface area contributed by atoms with Gasteiger partial charge in [-0.3, -0.25) is 9.59 Å². The van der Waals surface area contributed by atoms with E-state index in [-0.39, 0.29) is 5.75 Å². The zero-order valence-electron chi connectivity index (χ0n) is 9.30. The summed E-state index contributed by atoms with van der Waals surface area (Å²) in [5, 5.41) is 13.4. The van der Waals surface area contributed by atoms with Crippen LogP contribution in [0, 0.1) is 0 Å². The Bertz CT molecular complexity index is 469. The van der Waals surface area contributed by atoms with Crippen LogP contribution in [0.3, 0.4) is 0 Å². The molecule has 0 aromatic heterocycles. The normalized spacial score (nSPS) is 11.0. The highest BCUT2D eigenvalue weighted by molar-refractivity contribution is 6.34. The molecule has 1 aromatic carbocycles. The summed E-state index contributed by atoms with van der Waals surface area (Å²) in [5.41, 5.74) is 7.74. The smallest absolute Gasteiger partial charge is 0.329 e. The van der Waals surface area contributed by atoms with E-state index in [1.165, 1.54) is 6.07 Å². The molecule has 90 valence electrons. The number of phenols is 1. The van der Waals surface area contributed by atoms with Crippen molar-refractivity contribution in [2.24, 2.45) is 10.8 Å². The molecule has 0 aliphatic heterocycles. The SMILES string of the molecule is CC/C(=N/NC(=O)C(N)=O)c1ccccc1O. The Hall–Kier alpha value is -2.37. The molecule has 6 heteroatoms. The number of phenolic OH excluding ortho intramolecular Hbond substituents is 1. The highest BCUT2D eigenvalue weighted by Crippen LogP contribution is 2.17. The van der Waals surface area contributed by atoms with Gasteiger partial charge in [0.15, 0.2) is 0 Å². The number of hydrogen-bond donors (Lipinski definition) is 3. The summed E-state index contributed by atoms with van der Waals surface area (Å²) in [6.45, 7) is 1.81. The predicted octanol–water partition coefficient (Wildman–Crippen LogP) is 0.108. The topological polar surface area (TPSA) is 105 Å². The zero-order chi connectivity index (χ0) is 12.8. The summed E-state index contributed by atoms with van der Waals surface area (Å²) < 4.78 is 0. The quantitative estimate of drug-likeness (QED) is 0.393. The van der Waals surface area contributed by atoms with Crippen molar-refractivity contribution >= 4 is 17.5 Å². The number of hydrazone groups is 1. The summed E-state index contributed by atoms with van der Waals surface area (Å²) in [4.78, 5) is 21.4. The Morgan fingerprint density at radius 1 is 1.41 bits per heavy atom. The Kier molecular flexibility index (Phi) is 4.21. The van der Waals surface area contributed by atoms with Crippen molar-refractivity contribution in [2.45, 2.75) is 13.3 Å². The van der Waals surface area contributed by atoms with Crippen molar-refractivity contribution in [1.82, 2.24) is 5.43 Å². The van der Waals surface area contributed by atoms with E-state index in [1.807, 2.05) is 12.3 Å². The summed E-state index contributed by atoms with van der Waals surface area (Å²) >= 11 is 0. The van der Waals surface area contributed by atoms with Crippen molar-refractivity contribution in [1.29, 1.82) is 0 Å². The highest BCUT2D eigenvalue weighted by atomic mass is 16.3.